The molecule has 0 saturated heterocycles. The first kappa shape index (κ1) is 14.3. The predicted molar refractivity (Wildman–Crippen MR) is 74.1 cm³/mol. The summed E-state index contributed by atoms with van der Waals surface area (Å²) in [5.41, 5.74) is 6.32. The van der Waals surface area contributed by atoms with Crippen molar-refractivity contribution in [3.63, 3.8) is 0 Å². The van der Waals surface area contributed by atoms with Crippen molar-refractivity contribution < 1.29 is 14.0 Å². The van der Waals surface area contributed by atoms with Gasteiger partial charge in [0.15, 0.2) is 6.61 Å². The van der Waals surface area contributed by atoms with Crippen molar-refractivity contribution in [1.82, 2.24) is 10.1 Å². The van der Waals surface area contributed by atoms with E-state index in [-0.39, 0.29) is 18.6 Å². The summed E-state index contributed by atoms with van der Waals surface area (Å²) in [5.74, 6) is 1.87. The maximum atomic E-state index is 5.67. The van der Waals surface area contributed by atoms with Gasteiger partial charge in [-0.3, -0.25) is 0 Å². The molecule has 0 spiro atoms. The Hall–Kier alpha value is -2.08. The molecule has 0 aliphatic carbocycles. The lowest BCUT2D eigenvalue weighted by Gasteiger charge is -2.14. The van der Waals surface area contributed by atoms with E-state index < -0.39 is 0 Å². The van der Waals surface area contributed by atoms with Gasteiger partial charge in [0.2, 0.25) is 5.82 Å². The van der Waals surface area contributed by atoms with Crippen LogP contribution in [0.25, 0.3) is 0 Å². The fraction of sp³-hybridized carbons (Fsp3) is 0.429. The number of methoxy groups -OCH3 is 1. The van der Waals surface area contributed by atoms with Crippen LogP contribution in [0.4, 0.5) is 5.69 Å². The first-order valence-corrected chi connectivity index (χ1v) is 6.43. The highest BCUT2D eigenvalue weighted by molar-refractivity contribution is 5.43. The van der Waals surface area contributed by atoms with Gasteiger partial charge in [-0.15, -0.1) is 0 Å². The molecule has 1 unspecified atom stereocenters. The number of nitrogens with zero attached hydrogens (tertiary/aromatic N) is 2. The van der Waals surface area contributed by atoms with E-state index in [1.807, 2.05) is 26.0 Å². The summed E-state index contributed by atoms with van der Waals surface area (Å²) in [6.07, 6.45) is -0.181. The van der Waals surface area contributed by atoms with E-state index in [1.165, 1.54) is 0 Å². The molecule has 0 saturated carbocycles. The minimum Gasteiger partial charge on any atom is -0.484 e. The van der Waals surface area contributed by atoms with Gasteiger partial charge in [0.25, 0.3) is 5.89 Å². The first-order chi connectivity index (χ1) is 9.60. The number of aromatic nitrogens is 2. The average molecular weight is 277 g/mol. The van der Waals surface area contributed by atoms with Crippen molar-refractivity contribution >= 4 is 5.69 Å². The number of anilines is 1. The summed E-state index contributed by atoms with van der Waals surface area (Å²) in [5, 5.41) is 3.92. The van der Waals surface area contributed by atoms with Crippen LogP contribution in [-0.4, -0.2) is 17.3 Å². The summed E-state index contributed by atoms with van der Waals surface area (Å²) in [6, 6.07) is 7.18. The molecule has 0 radical (unpaired) electrons. The second kappa shape index (κ2) is 6.38. The molecule has 0 fully saturated rings. The number of hydrogen-bond donors (Lipinski definition) is 1. The molecule has 0 amide bonds. The standard InChI is InChI=1S/C14H19N3O3/c1-9(2)13(18-3)14-16-12(20-17-14)8-19-11-6-4-5-10(15)7-11/h4-7,9,13H,8,15H2,1-3H3. The maximum absolute atomic E-state index is 5.67. The van der Waals surface area contributed by atoms with E-state index >= 15 is 0 Å². The fourth-order valence-electron chi connectivity index (χ4n) is 1.87. The van der Waals surface area contributed by atoms with Crippen molar-refractivity contribution in [2.75, 3.05) is 12.8 Å². The van der Waals surface area contributed by atoms with Crippen LogP contribution < -0.4 is 10.5 Å². The van der Waals surface area contributed by atoms with Crippen molar-refractivity contribution in [3.8, 4) is 5.75 Å². The van der Waals surface area contributed by atoms with E-state index in [0.717, 1.165) is 0 Å². The second-order valence-electron chi connectivity index (χ2n) is 4.81. The van der Waals surface area contributed by atoms with Crippen LogP contribution >= 0.6 is 0 Å². The van der Waals surface area contributed by atoms with E-state index in [0.29, 0.717) is 23.2 Å². The van der Waals surface area contributed by atoms with E-state index in [2.05, 4.69) is 10.1 Å². The van der Waals surface area contributed by atoms with Crippen LogP contribution in [-0.2, 0) is 11.3 Å². The normalized spacial score (nSPS) is 12.6. The molecule has 20 heavy (non-hydrogen) atoms. The molecule has 0 aliphatic heterocycles. The quantitative estimate of drug-likeness (QED) is 0.817. The zero-order chi connectivity index (χ0) is 14.5. The van der Waals surface area contributed by atoms with Gasteiger partial charge in [-0.2, -0.15) is 4.98 Å². The topological polar surface area (TPSA) is 83.4 Å². The predicted octanol–water partition coefficient (Wildman–Crippen LogP) is 2.57. The largest absolute Gasteiger partial charge is 0.484 e. The fourth-order valence-corrected chi connectivity index (χ4v) is 1.87. The van der Waals surface area contributed by atoms with Crippen LogP contribution in [0.15, 0.2) is 28.8 Å². The Morgan fingerprint density at radius 1 is 1.35 bits per heavy atom. The smallest absolute Gasteiger partial charge is 0.264 e. The highest BCUT2D eigenvalue weighted by Gasteiger charge is 2.21. The SMILES string of the molecule is COC(c1noc(COc2cccc(N)c2)n1)C(C)C. The summed E-state index contributed by atoms with van der Waals surface area (Å²) >= 11 is 0. The third kappa shape index (κ3) is 3.48. The van der Waals surface area contributed by atoms with Crippen LogP contribution in [0.5, 0.6) is 5.75 Å². The number of nitrogens with two attached hydrogens (primary N) is 1. The van der Waals surface area contributed by atoms with Crippen LogP contribution in [0, 0.1) is 5.92 Å². The molecule has 1 aromatic heterocycles. The van der Waals surface area contributed by atoms with Crippen LogP contribution in [0.2, 0.25) is 0 Å². The lowest BCUT2D eigenvalue weighted by molar-refractivity contribution is 0.0555. The van der Waals surface area contributed by atoms with Crippen molar-refractivity contribution in [1.29, 1.82) is 0 Å². The highest BCUT2D eigenvalue weighted by atomic mass is 16.5. The number of ether oxygens (including phenoxy) is 2. The zero-order valence-electron chi connectivity index (χ0n) is 11.9. The van der Waals surface area contributed by atoms with E-state index in [1.54, 1.807) is 19.2 Å². The molecule has 1 aromatic carbocycles. The minimum atomic E-state index is -0.181. The number of rotatable bonds is 6. The first-order valence-electron chi connectivity index (χ1n) is 6.43. The molecule has 2 N–H and O–H groups in total. The third-order valence-electron chi connectivity index (χ3n) is 2.82. The number of nitrogen functional groups attached to an aromatic ring is 1. The van der Waals surface area contributed by atoms with E-state index in [9.17, 15) is 0 Å². The molecule has 2 rings (SSSR count). The third-order valence-corrected chi connectivity index (χ3v) is 2.82. The highest BCUT2D eigenvalue weighted by Crippen LogP contribution is 2.22. The molecule has 1 heterocycles. The lowest BCUT2D eigenvalue weighted by Crippen LogP contribution is -2.10. The molecule has 2 aromatic rings. The van der Waals surface area contributed by atoms with Crippen molar-refractivity contribution in [2.24, 2.45) is 5.92 Å². The summed E-state index contributed by atoms with van der Waals surface area (Å²) < 4.78 is 16.0. The summed E-state index contributed by atoms with van der Waals surface area (Å²) in [6.45, 7) is 4.27. The van der Waals surface area contributed by atoms with Gasteiger partial charge in [0, 0.05) is 18.9 Å². The van der Waals surface area contributed by atoms with Gasteiger partial charge >= 0.3 is 0 Å². The monoisotopic (exact) mass is 277 g/mol. The van der Waals surface area contributed by atoms with Gasteiger partial charge < -0.3 is 19.7 Å². The maximum Gasteiger partial charge on any atom is 0.264 e. The Morgan fingerprint density at radius 3 is 2.80 bits per heavy atom. The average Bonchev–Trinajstić information content (AvgIpc) is 2.85. The Balaban J connectivity index is 1.99. The Morgan fingerprint density at radius 2 is 2.15 bits per heavy atom. The molecule has 6 heteroatoms. The van der Waals surface area contributed by atoms with Crippen molar-refractivity contribution in [3.05, 3.63) is 36.0 Å². The lowest BCUT2D eigenvalue weighted by atomic mass is 10.1. The molecule has 1 atom stereocenters. The van der Waals surface area contributed by atoms with Crippen LogP contribution in [0.3, 0.4) is 0 Å². The number of hydrogen-bond acceptors (Lipinski definition) is 6. The molecular weight excluding hydrogens is 258 g/mol. The van der Waals surface area contributed by atoms with Gasteiger partial charge in [0.1, 0.15) is 11.9 Å². The molecular formula is C14H19N3O3. The number of benzene rings is 1. The Kier molecular flexibility index (Phi) is 4.57. The molecule has 6 nitrogen and oxygen atoms in total. The summed E-state index contributed by atoms with van der Waals surface area (Å²) in [4.78, 5) is 4.28. The van der Waals surface area contributed by atoms with Gasteiger partial charge in [-0.25, -0.2) is 0 Å². The van der Waals surface area contributed by atoms with Crippen LogP contribution in [0.1, 0.15) is 31.7 Å². The van der Waals surface area contributed by atoms with Crippen molar-refractivity contribution in [2.45, 2.75) is 26.6 Å². The molecule has 108 valence electrons. The minimum absolute atomic E-state index is 0.181. The molecule has 0 aliphatic rings. The second-order valence-corrected chi connectivity index (χ2v) is 4.81. The van der Waals surface area contributed by atoms with Gasteiger partial charge in [-0.1, -0.05) is 25.1 Å². The molecule has 0 bridgehead atoms. The van der Waals surface area contributed by atoms with E-state index in [4.69, 9.17) is 19.7 Å². The van der Waals surface area contributed by atoms with Gasteiger partial charge in [0.05, 0.1) is 0 Å². The Labute approximate surface area is 117 Å². The zero-order valence-corrected chi connectivity index (χ0v) is 11.9. The Bertz CT molecular complexity index is 554. The summed E-state index contributed by atoms with van der Waals surface area (Å²) in [7, 11) is 1.63. The van der Waals surface area contributed by atoms with Gasteiger partial charge in [-0.05, 0) is 18.1 Å².